The molecule has 1 N–H and O–H groups in total. The topological polar surface area (TPSA) is 62.5 Å². The molecule has 0 bridgehead atoms. The lowest BCUT2D eigenvalue weighted by Gasteiger charge is -2.30. The van der Waals surface area contributed by atoms with Crippen LogP contribution in [-0.2, 0) is 16.1 Å². The van der Waals surface area contributed by atoms with Crippen molar-refractivity contribution in [3.63, 3.8) is 0 Å². The first-order chi connectivity index (χ1) is 8.16. The number of aromatic nitrogens is 1. The SMILES string of the molecule is O=C(O)[C@H]1CCCN(C(=O)Cn2cccc2)C1. The highest BCUT2D eigenvalue weighted by molar-refractivity contribution is 5.77. The van der Waals surface area contributed by atoms with Gasteiger partial charge in [-0.3, -0.25) is 9.59 Å². The van der Waals surface area contributed by atoms with Gasteiger partial charge in [0.05, 0.1) is 5.92 Å². The van der Waals surface area contributed by atoms with Crippen molar-refractivity contribution in [3.05, 3.63) is 24.5 Å². The molecule has 0 saturated carbocycles. The Morgan fingerprint density at radius 2 is 2.00 bits per heavy atom. The number of aliphatic carboxylic acids is 1. The summed E-state index contributed by atoms with van der Waals surface area (Å²) in [5.74, 6) is -1.21. The van der Waals surface area contributed by atoms with Crippen molar-refractivity contribution < 1.29 is 14.7 Å². The minimum absolute atomic E-state index is 0.00727. The van der Waals surface area contributed by atoms with Gasteiger partial charge in [-0.2, -0.15) is 0 Å². The fraction of sp³-hybridized carbons (Fsp3) is 0.500. The lowest BCUT2D eigenvalue weighted by atomic mass is 9.98. The Hall–Kier alpha value is -1.78. The zero-order valence-corrected chi connectivity index (χ0v) is 9.58. The average molecular weight is 236 g/mol. The van der Waals surface area contributed by atoms with Crippen LogP contribution >= 0.6 is 0 Å². The smallest absolute Gasteiger partial charge is 0.308 e. The number of carboxylic acids is 1. The molecule has 1 aliphatic heterocycles. The summed E-state index contributed by atoms with van der Waals surface area (Å²) in [6, 6.07) is 3.73. The predicted molar refractivity (Wildman–Crippen MR) is 61.4 cm³/mol. The van der Waals surface area contributed by atoms with Crippen LogP contribution in [0.1, 0.15) is 12.8 Å². The molecule has 1 amide bonds. The number of rotatable bonds is 3. The van der Waals surface area contributed by atoms with E-state index in [9.17, 15) is 9.59 Å². The molecule has 0 spiro atoms. The van der Waals surface area contributed by atoms with Crippen molar-refractivity contribution in [1.29, 1.82) is 0 Å². The summed E-state index contributed by atoms with van der Waals surface area (Å²) in [5.41, 5.74) is 0. The molecule has 92 valence electrons. The van der Waals surface area contributed by atoms with Crippen LogP contribution in [0.4, 0.5) is 0 Å². The molecule has 0 unspecified atom stereocenters. The van der Waals surface area contributed by atoms with Crippen LogP contribution in [0.2, 0.25) is 0 Å². The van der Waals surface area contributed by atoms with Crippen molar-refractivity contribution in [1.82, 2.24) is 9.47 Å². The summed E-state index contributed by atoms with van der Waals surface area (Å²) in [5, 5.41) is 8.95. The number of hydrogen-bond donors (Lipinski definition) is 1. The van der Waals surface area contributed by atoms with E-state index < -0.39 is 11.9 Å². The number of carbonyl (C=O) groups excluding carboxylic acids is 1. The Bertz CT molecular complexity index is 400. The third-order valence-electron chi connectivity index (χ3n) is 3.11. The number of likely N-dealkylation sites (tertiary alicyclic amines) is 1. The van der Waals surface area contributed by atoms with E-state index in [1.54, 1.807) is 9.47 Å². The molecular formula is C12H16N2O3. The molecular weight excluding hydrogens is 220 g/mol. The highest BCUT2D eigenvalue weighted by Gasteiger charge is 2.27. The van der Waals surface area contributed by atoms with Crippen LogP contribution in [0, 0.1) is 5.92 Å². The fourth-order valence-corrected chi connectivity index (χ4v) is 2.14. The van der Waals surface area contributed by atoms with Gasteiger partial charge in [0.1, 0.15) is 6.54 Å². The van der Waals surface area contributed by atoms with Gasteiger partial charge < -0.3 is 14.6 Å². The number of hydrogen-bond acceptors (Lipinski definition) is 2. The Morgan fingerprint density at radius 3 is 2.65 bits per heavy atom. The Morgan fingerprint density at radius 1 is 1.29 bits per heavy atom. The van der Waals surface area contributed by atoms with Gasteiger partial charge >= 0.3 is 5.97 Å². The highest BCUT2D eigenvalue weighted by atomic mass is 16.4. The normalized spacial score (nSPS) is 20.2. The highest BCUT2D eigenvalue weighted by Crippen LogP contribution is 2.16. The second-order valence-electron chi connectivity index (χ2n) is 4.37. The predicted octanol–water partition coefficient (Wildman–Crippen LogP) is 0.811. The van der Waals surface area contributed by atoms with E-state index in [1.807, 2.05) is 24.5 Å². The minimum atomic E-state index is -0.802. The van der Waals surface area contributed by atoms with Crippen molar-refractivity contribution >= 4 is 11.9 Å². The Kier molecular flexibility index (Phi) is 3.46. The summed E-state index contributed by atoms with van der Waals surface area (Å²) >= 11 is 0. The van der Waals surface area contributed by atoms with Crippen LogP contribution in [-0.4, -0.2) is 39.5 Å². The first-order valence-electron chi connectivity index (χ1n) is 5.78. The molecule has 1 fully saturated rings. The van der Waals surface area contributed by atoms with Gasteiger partial charge in [0.25, 0.3) is 0 Å². The number of carbonyl (C=O) groups is 2. The van der Waals surface area contributed by atoms with Crippen molar-refractivity contribution in [2.24, 2.45) is 5.92 Å². The molecule has 1 atom stereocenters. The van der Waals surface area contributed by atoms with E-state index in [4.69, 9.17) is 5.11 Å². The lowest BCUT2D eigenvalue weighted by molar-refractivity contribution is -0.145. The van der Waals surface area contributed by atoms with Gasteiger partial charge in [0.2, 0.25) is 5.91 Å². The number of carboxylic acid groups (broad SMARTS) is 1. The van der Waals surface area contributed by atoms with Crippen LogP contribution in [0.25, 0.3) is 0 Å². The van der Waals surface area contributed by atoms with Gasteiger partial charge in [0, 0.05) is 25.5 Å². The molecule has 5 heteroatoms. The van der Waals surface area contributed by atoms with Gasteiger partial charge in [-0.25, -0.2) is 0 Å². The number of amides is 1. The molecule has 17 heavy (non-hydrogen) atoms. The molecule has 2 rings (SSSR count). The van der Waals surface area contributed by atoms with E-state index in [0.717, 1.165) is 6.42 Å². The summed E-state index contributed by atoms with van der Waals surface area (Å²) in [7, 11) is 0. The Labute approximate surface area is 99.6 Å². The maximum absolute atomic E-state index is 11.9. The molecule has 0 aliphatic carbocycles. The second-order valence-corrected chi connectivity index (χ2v) is 4.37. The van der Waals surface area contributed by atoms with Crippen LogP contribution < -0.4 is 0 Å². The standard InChI is InChI=1S/C12H16N2O3/c15-11(9-13-5-1-2-6-13)14-7-3-4-10(8-14)12(16)17/h1-2,5-6,10H,3-4,7-9H2,(H,16,17)/t10-/m0/s1. The van der Waals surface area contributed by atoms with E-state index in [-0.39, 0.29) is 5.91 Å². The van der Waals surface area contributed by atoms with Gasteiger partial charge in [0.15, 0.2) is 0 Å². The maximum atomic E-state index is 11.9. The molecule has 1 saturated heterocycles. The monoisotopic (exact) mass is 236 g/mol. The molecule has 1 aliphatic rings. The molecule has 2 heterocycles. The third kappa shape index (κ3) is 2.87. The number of nitrogens with zero attached hydrogens (tertiary/aromatic N) is 2. The van der Waals surface area contributed by atoms with Crippen molar-refractivity contribution in [2.75, 3.05) is 13.1 Å². The summed E-state index contributed by atoms with van der Waals surface area (Å²) in [6.45, 7) is 1.30. The van der Waals surface area contributed by atoms with E-state index in [2.05, 4.69) is 0 Å². The Balaban J connectivity index is 1.93. The van der Waals surface area contributed by atoms with Gasteiger partial charge in [-0.1, -0.05) is 0 Å². The first kappa shape index (κ1) is 11.7. The zero-order valence-electron chi connectivity index (χ0n) is 9.58. The molecule has 0 aromatic carbocycles. The minimum Gasteiger partial charge on any atom is -0.481 e. The van der Waals surface area contributed by atoms with E-state index >= 15 is 0 Å². The zero-order chi connectivity index (χ0) is 12.3. The van der Waals surface area contributed by atoms with E-state index in [0.29, 0.717) is 26.1 Å². The lowest BCUT2D eigenvalue weighted by Crippen LogP contribution is -2.43. The van der Waals surface area contributed by atoms with Gasteiger partial charge in [-0.15, -0.1) is 0 Å². The fourth-order valence-electron chi connectivity index (χ4n) is 2.14. The molecule has 1 aromatic heterocycles. The molecule has 5 nitrogen and oxygen atoms in total. The second kappa shape index (κ2) is 5.03. The quantitative estimate of drug-likeness (QED) is 0.844. The summed E-state index contributed by atoms with van der Waals surface area (Å²) in [6.07, 6.45) is 5.10. The molecule has 0 radical (unpaired) electrons. The van der Waals surface area contributed by atoms with Gasteiger partial charge in [-0.05, 0) is 25.0 Å². The largest absolute Gasteiger partial charge is 0.481 e. The van der Waals surface area contributed by atoms with Crippen LogP contribution in [0.5, 0.6) is 0 Å². The first-order valence-corrected chi connectivity index (χ1v) is 5.78. The van der Waals surface area contributed by atoms with E-state index in [1.165, 1.54) is 0 Å². The summed E-state index contributed by atoms with van der Waals surface area (Å²) in [4.78, 5) is 24.5. The third-order valence-corrected chi connectivity index (χ3v) is 3.11. The van der Waals surface area contributed by atoms with Crippen LogP contribution in [0.15, 0.2) is 24.5 Å². The van der Waals surface area contributed by atoms with Crippen LogP contribution in [0.3, 0.4) is 0 Å². The van der Waals surface area contributed by atoms with Crippen molar-refractivity contribution in [3.8, 4) is 0 Å². The molecule has 1 aromatic rings. The van der Waals surface area contributed by atoms with Crippen molar-refractivity contribution in [2.45, 2.75) is 19.4 Å². The number of piperidine rings is 1. The average Bonchev–Trinajstić information content (AvgIpc) is 2.82. The maximum Gasteiger partial charge on any atom is 0.308 e. The summed E-state index contributed by atoms with van der Waals surface area (Å²) < 4.78 is 1.80.